The quantitative estimate of drug-likeness (QED) is 0.761. The molecule has 1 amide bonds. The zero-order valence-corrected chi connectivity index (χ0v) is 12.7. The van der Waals surface area contributed by atoms with E-state index >= 15 is 0 Å². The highest BCUT2D eigenvalue weighted by Crippen LogP contribution is 2.36. The second-order valence-corrected chi connectivity index (χ2v) is 6.00. The lowest BCUT2D eigenvalue weighted by Crippen LogP contribution is -2.38. The SMILES string of the molecule is CCCc1noc(CCC(=O)NCC2(CO)CCCC2)n1. The molecule has 6 nitrogen and oxygen atoms in total. The average Bonchev–Trinajstić information content (AvgIpc) is 3.13. The molecule has 1 heterocycles. The first-order valence-corrected chi connectivity index (χ1v) is 7.86. The molecule has 0 unspecified atom stereocenters. The van der Waals surface area contributed by atoms with Crippen molar-refractivity contribution in [3.63, 3.8) is 0 Å². The van der Waals surface area contributed by atoms with E-state index in [9.17, 15) is 9.90 Å². The predicted molar refractivity (Wildman–Crippen MR) is 77.6 cm³/mol. The van der Waals surface area contributed by atoms with Crippen molar-refractivity contribution in [3.8, 4) is 0 Å². The Balaban J connectivity index is 1.71. The molecule has 1 aliphatic carbocycles. The van der Waals surface area contributed by atoms with Crippen LogP contribution in [0.1, 0.15) is 57.2 Å². The van der Waals surface area contributed by atoms with Crippen molar-refractivity contribution in [3.05, 3.63) is 11.7 Å². The van der Waals surface area contributed by atoms with Crippen LogP contribution in [0.25, 0.3) is 0 Å². The monoisotopic (exact) mass is 295 g/mol. The van der Waals surface area contributed by atoms with E-state index in [1.54, 1.807) is 0 Å². The van der Waals surface area contributed by atoms with Gasteiger partial charge >= 0.3 is 0 Å². The number of hydrogen-bond acceptors (Lipinski definition) is 5. The van der Waals surface area contributed by atoms with Gasteiger partial charge < -0.3 is 14.9 Å². The van der Waals surface area contributed by atoms with Crippen molar-refractivity contribution in [2.24, 2.45) is 5.41 Å². The van der Waals surface area contributed by atoms with Gasteiger partial charge in [-0.1, -0.05) is 24.9 Å². The Morgan fingerprint density at radius 2 is 2.14 bits per heavy atom. The highest BCUT2D eigenvalue weighted by atomic mass is 16.5. The second kappa shape index (κ2) is 7.54. The van der Waals surface area contributed by atoms with Crippen LogP contribution in [-0.4, -0.2) is 34.3 Å². The summed E-state index contributed by atoms with van der Waals surface area (Å²) in [6.45, 7) is 2.77. The molecule has 0 radical (unpaired) electrons. The summed E-state index contributed by atoms with van der Waals surface area (Å²) in [4.78, 5) is 16.1. The number of amides is 1. The third kappa shape index (κ3) is 4.52. The van der Waals surface area contributed by atoms with E-state index in [0.29, 0.717) is 31.1 Å². The minimum absolute atomic E-state index is 0.0232. The molecule has 0 bridgehead atoms. The van der Waals surface area contributed by atoms with Crippen molar-refractivity contribution >= 4 is 5.91 Å². The fraction of sp³-hybridized carbons (Fsp3) is 0.800. The number of hydrogen-bond donors (Lipinski definition) is 2. The largest absolute Gasteiger partial charge is 0.396 e. The Morgan fingerprint density at radius 1 is 1.38 bits per heavy atom. The molecule has 6 heteroatoms. The van der Waals surface area contributed by atoms with Crippen molar-refractivity contribution in [1.29, 1.82) is 0 Å². The van der Waals surface area contributed by atoms with Crippen LogP contribution in [0.15, 0.2) is 4.52 Å². The van der Waals surface area contributed by atoms with Crippen LogP contribution in [-0.2, 0) is 17.6 Å². The van der Waals surface area contributed by atoms with Gasteiger partial charge in [0, 0.05) is 31.2 Å². The van der Waals surface area contributed by atoms with E-state index in [1.165, 1.54) is 0 Å². The smallest absolute Gasteiger partial charge is 0.227 e. The van der Waals surface area contributed by atoms with E-state index in [-0.39, 0.29) is 17.9 Å². The molecule has 1 saturated carbocycles. The Kier molecular flexibility index (Phi) is 5.73. The molecule has 2 N–H and O–H groups in total. The lowest BCUT2D eigenvalue weighted by Gasteiger charge is -2.26. The summed E-state index contributed by atoms with van der Waals surface area (Å²) in [5, 5.41) is 16.3. The Labute approximate surface area is 125 Å². The zero-order valence-electron chi connectivity index (χ0n) is 12.7. The fourth-order valence-electron chi connectivity index (χ4n) is 2.83. The molecule has 118 valence electrons. The molecule has 0 spiro atoms. The molecule has 1 aliphatic rings. The summed E-state index contributed by atoms with van der Waals surface area (Å²) >= 11 is 0. The number of carbonyl (C=O) groups excluding carboxylic acids is 1. The third-order valence-corrected chi connectivity index (χ3v) is 4.21. The van der Waals surface area contributed by atoms with E-state index < -0.39 is 0 Å². The van der Waals surface area contributed by atoms with Crippen molar-refractivity contribution in [2.45, 2.75) is 58.3 Å². The third-order valence-electron chi connectivity index (χ3n) is 4.21. The number of carbonyl (C=O) groups is 1. The fourth-order valence-corrected chi connectivity index (χ4v) is 2.83. The molecule has 1 aromatic heterocycles. The molecular formula is C15H25N3O3. The van der Waals surface area contributed by atoms with Crippen LogP contribution in [0.5, 0.6) is 0 Å². The molecule has 1 aromatic rings. The first-order valence-electron chi connectivity index (χ1n) is 7.86. The van der Waals surface area contributed by atoms with E-state index in [2.05, 4.69) is 22.4 Å². The number of aromatic nitrogens is 2. The second-order valence-electron chi connectivity index (χ2n) is 6.00. The maximum atomic E-state index is 11.9. The summed E-state index contributed by atoms with van der Waals surface area (Å²) in [5.74, 6) is 1.20. The van der Waals surface area contributed by atoms with Crippen LogP contribution >= 0.6 is 0 Å². The molecule has 0 aromatic carbocycles. The minimum atomic E-state index is -0.103. The molecule has 0 atom stereocenters. The summed E-state index contributed by atoms with van der Waals surface area (Å²) in [7, 11) is 0. The van der Waals surface area contributed by atoms with Gasteiger partial charge in [0.25, 0.3) is 0 Å². The van der Waals surface area contributed by atoms with Crippen molar-refractivity contribution < 1.29 is 14.4 Å². The Morgan fingerprint density at radius 3 is 2.81 bits per heavy atom. The number of nitrogens with zero attached hydrogens (tertiary/aromatic N) is 2. The minimum Gasteiger partial charge on any atom is -0.396 e. The topological polar surface area (TPSA) is 88.2 Å². The normalized spacial score (nSPS) is 17.0. The number of aliphatic hydroxyl groups excluding tert-OH is 1. The Hall–Kier alpha value is -1.43. The van der Waals surface area contributed by atoms with Gasteiger partial charge in [-0.25, -0.2) is 0 Å². The molecular weight excluding hydrogens is 270 g/mol. The zero-order chi connectivity index (χ0) is 15.1. The maximum absolute atomic E-state index is 11.9. The predicted octanol–water partition coefficient (Wildman–Crippen LogP) is 1.62. The number of nitrogens with one attached hydrogen (secondary N) is 1. The van der Waals surface area contributed by atoms with Gasteiger partial charge in [-0.05, 0) is 19.3 Å². The van der Waals surface area contributed by atoms with E-state index in [1.807, 2.05) is 0 Å². The molecule has 2 rings (SSSR count). The Bertz CT molecular complexity index is 453. The lowest BCUT2D eigenvalue weighted by molar-refractivity contribution is -0.121. The number of aryl methyl sites for hydroxylation is 2. The average molecular weight is 295 g/mol. The standard InChI is InChI=1S/C15H25N3O3/c1-2-5-12-17-14(21-18-12)7-6-13(20)16-10-15(11-19)8-3-4-9-15/h19H,2-11H2,1H3,(H,16,20). The van der Waals surface area contributed by atoms with Crippen LogP contribution in [0, 0.1) is 5.41 Å². The first-order chi connectivity index (χ1) is 10.2. The van der Waals surface area contributed by atoms with Crippen LogP contribution < -0.4 is 5.32 Å². The summed E-state index contributed by atoms with van der Waals surface area (Å²) in [5.41, 5.74) is -0.103. The molecule has 0 aliphatic heterocycles. The van der Waals surface area contributed by atoms with Gasteiger partial charge in [0.2, 0.25) is 11.8 Å². The highest BCUT2D eigenvalue weighted by molar-refractivity contribution is 5.76. The van der Waals surface area contributed by atoms with E-state index in [4.69, 9.17) is 4.52 Å². The lowest BCUT2D eigenvalue weighted by atomic mass is 9.87. The van der Waals surface area contributed by atoms with Crippen LogP contribution in [0.2, 0.25) is 0 Å². The van der Waals surface area contributed by atoms with Gasteiger partial charge in [-0.2, -0.15) is 4.98 Å². The van der Waals surface area contributed by atoms with Gasteiger partial charge in [-0.15, -0.1) is 0 Å². The van der Waals surface area contributed by atoms with Crippen molar-refractivity contribution in [1.82, 2.24) is 15.5 Å². The molecule has 1 fully saturated rings. The molecule has 21 heavy (non-hydrogen) atoms. The van der Waals surface area contributed by atoms with E-state index in [0.717, 1.165) is 38.5 Å². The van der Waals surface area contributed by atoms with Gasteiger partial charge in [0.05, 0.1) is 6.61 Å². The summed E-state index contributed by atoms with van der Waals surface area (Å²) in [6.07, 6.45) is 6.85. The van der Waals surface area contributed by atoms with Gasteiger partial charge in [0.1, 0.15) is 0 Å². The summed E-state index contributed by atoms with van der Waals surface area (Å²) in [6, 6.07) is 0. The van der Waals surface area contributed by atoms with Gasteiger partial charge in [0.15, 0.2) is 5.82 Å². The highest BCUT2D eigenvalue weighted by Gasteiger charge is 2.33. The number of aliphatic hydroxyl groups is 1. The van der Waals surface area contributed by atoms with Gasteiger partial charge in [-0.3, -0.25) is 4.79 Å². The maximum Gasteiger partial charge on any atom is 0.227 e. The first kappa shape index (κ1) is 15.9. The summed E-state index contributed by atoms with van der Waals surface area (Å²) < 4.78 is 5.11. The van der Waals surface area contributed by atoms with Crippen molar-refractivity contribution in [2.75, 3.05) is 13.2 Å². The molecule has 0 saturated heterocycles. The van der Waals surface area contributed by atoms with Crippen LogP contribution in [0.4, 0.5) is 0 Å². The van der Waals surface area contributed by atoms with Crippen LogP contribution in [0.3, 0.4) is 0 Å². The number of rotatable bonds is 8.